The fourth-order valence-corrected chi connectivity index (χ4v) is 3.21. The van der Waals surface area contributed by atoms with Crippen LogP contribution in [0.4, 0.5) is 0 Å². The zero-order valence-corrected chi connectivity index (χ0v) is 12.5. The van der Waals surface area contributed by atoms with Gasteiger partial charge in [0.25, 0.3) is 5.91 Å². The molecule has 0 radical (unpaired) electrons. The monoisotopic (exact) mass is 287 g/mol. The predicted molar refractivity (Wildman–Crippen MR) is 78.8 cm³/mol. The van der Waals surface area contributed by atoms with Crippen LogP contribution in [-0.2, 0) is 17.8 Å². The van der Waals surface area contributed by atoms with Crippen LogP contribution in [0.15, 0.2) is 12.4 Å². The summed E-state index contributed by atoms with van der Waals surface area (Å²) < 4.78 is 0. The summed E-state index contributed by atoms with van der Waals surface area (Å²) in [6.45, 7) is 4.54. The van der Waals surface area contributed by atoms with Gasteiger partial charge in [0.05, 0.1) is 5.56 Å². The van der Waals surface area contributed by atoms with Crippen molar-refractivity contribution in [3.05, 3.63) is 29.1 Å². The molecule has 1 saturated heterocycles. The largest absolute Gasteiger partial charge is 0.339 e. The first kappa shape index (κ1) is 14.0. The smallest absolute Gasteiger partial charge is 0.255 e. The van der Waals surface area contributed by atoms with Gasteiger partial charge in [-0.2, -0.15) is 0 Å². The van der Waals surface area contributed by atoms with E-state index >= 15 is 0 Å². The maximum absolute atomic E-state index is 12.7. The summed E-state index contributed by atoms with van der Waals surface area (Å²) in [7, 11) is 0. The van der Waals surface area contributed by atoms with E-state index in [1.807, 2.05) is 4.90 Å². The van der Waals surface area contributed by atoms with Gasteiger partial charge >= 0.3 is 0 Å². The first-order valence-corrected chi connectivity index (χ1v) is 7.67. The lowest BCUT2D eigenvalue weighted by Crippen LogP contribution is -2.38. The van der Waals surface area contributed by atoms with Gasteiger partial charge in [-0.25, -0.2) is 0 Å². The van der Waals surface area contributed by atoms with Gasteiger partial charge in [-0.05, 0) is 36.8 Å². The van der Waals surface area contributed by atoms with Gasteiger partial charge in [0.15, 0.2) is 0 Å². The van der Waals surface area contributed by atoms with E-state index in [0.717, 1.165) is 49.0 Å². The fraction of sp³-hybridized carbons (Fsp3) is 0.562. The molecule has 2 amide bonds. The van der Waals surface area contributed by atoms with Crippen LogP contribution in [-0.4, -0.2) is 46.2 Å². The molecule has 1 aromatic heterocycles. The lowest BCUT2D eigenvalue weighted by atomic mass is 9.96. The highest BCUT2D eigenvalue weighted by atomic mass is 16.2. The number of rotatable bonds is 1. The van der Waals surface area contributed by atoms with Crippen LogP contribution in [0.2, 0.25) is 0 Å². The standard InChI is InChI=1S/C16H21N3O2/c1-12(20)19-8-5-14-13(11-19)9-17-10-15(14)16(21)18-6-3-2-4-7-18/h9-10H,2-8,11H2,1H3. The molecular weight excluding hydrogens is 266 g/mol. The minimum absolute atomic E-state index is 0.0772. The number of hydrogen-bond acceptors (Lipinski definition) is 3. The number of fused-ring (bicyclic) bond motifs is 1. The van der Waals surface area contributed by atoms with E-state index < -0.39 is 0 Å². The van der Waals surface area contributed by atoms with Crippen LogP contribution in [0.25, 0.3) is 0 Å². The SMILES string of the molecule is CC(=O)N1CCc2c(cncc2C(=O)N2CCCCC2)C1. The highest BCUT2D eigenvalue weighted by Crippen LogP contribution is 2.23. The lowest BCUT2D eigenvalue weighted by Gasteiger charge is -2.31. The van der Waals surface area contributed by atoms with Gasteiger partial charge in [-0.1, -0.05) is 0 Å². The average molecular weight is 287 g/mol. The van der Waals surface area contributed by atoms with Crippen LogP contribution in [0, 0.1) is 0 Å². The molecule has 0 aliphatic carbocycles. The molecule has 1 aromatic rings. The van der Waals surface area contributed by atoms with Crippen LogP contribution in [0.1, 0.15) is 47.7 Å². The topological polar surface area (TPSA) is 53.5 Å². The van der Waals surface area contributed by atoms with Crippen molar-refractivity contribution in [1.82, 2.24) is 14.8 Å². The first-order chi connectivity index (χ1) is 10.2. The second-order valence-electron chi connectivity index (χ2n) is 5.87. The van der Waals surface area contributed by atoms with Gasteiger partial charge in [0.1, 0.15) is 0 Å². The Labute approximate surface area is 124 Å². The number of pyridine rings is 1. The van der Waals surface area contributed by atoms with E-state index in [-0.39, 0.29) is 11.8 Å². The summed E-state index contributed by atoms with van der Waals surface area (Å²) in [5.41, 5.74) is 2.83. The fourth-order valence-electron chi connectivity index (χ4n) is 3.21. The molecule has 1 fully saturated rings. The minimum atomic E-state index is 0.0772. The highest BCUT2D eigenvalue weighted by Gasteiger charge is 2.26. The Morgan fingerprint density at radius 1 is 1.05 bits per heavy atom. The number of piperidine rings is 1. The van der Waals surface area contributed by atoms with Crippen LogP contribution in [0.5, 0.6) is 0 Å². The Morgan fingerprint density at radius 2 is 1.81 bits per heavy atom. The summed E-state index contributed by atoms with van der Waals surface area (Å²) in [4.78, 5) is 32.2. The third-order valence-corrected chi connectivity index (χ3v) is 4.46. The predicted octanol–water partition coefficient (Wildman–Crippen LogP) is 1.61. The molecule has 0 aromatic carbocycles. The Morgan fingerprint density at radius 3 is 2.52 bits per heavy atom. The second kappa shape index (κ2) is 5.84. The molecule has 112 valence electrons. The number of nitrogens with zero attached hydrogens (tertiary/aromatic N) is 3. The van der Waals surface area contributed by atoms with Crippen molar-refractivity contribution in [1.29, 1.82) is 0 Å². The van der Waals surface area contributed by atoms with E-state index in [0.29, 0.717) is 13.1 Å². The Hall–Kier alpha value is -1.91. The summed E-state index contributed by atoms with van der Waals surface area (Å²) >= 11 is 0. The number of carbonyl (C=O) groups excluding carboxylic acids is 2. The molecule has 0 unspecified atom stereocenters. The van der Waals surface area contributed by atoms with Gasteiger partial charge in [0, 0.05) is 45.5 Å². The third-order valence-electron chi connectivity index (χ3n) is 4.46. The lowest BCUT2D eigenvalue weighted by molar-refractivity contribution is -0.129. The number of amides is 2. The molecular formula is C16H21N3O2. The summed E-state index contributed by atoms with van der Waals surface area (Å²) in [5, 5.41) is 0. The molecule has 2 aliphatic rings. The number of hydrogen-bond donors (Lipinski definition) is 0. The normalized spacial score (nSPS) is 18.3. The average Bonchev–Trinajstić information content (AvgIpc) is 2.54. The van der Waals surface area contributed by atoms with Gasteiger partial charge < -0.3 is 9.80 Å². The molecule has 0 spiro atoms. The van der Waals surface area contributed by atoms with Gasteiger partial charge in [-0.3, -0.25) is 14.6 Å². The van der Waals surface area contributed by atoms with E-state index in [1.54, 1.807) is 24.2 Å². The van der Waals surface area contributed by atoms with Crippen molar-refractivity contribution in [3.8, 4) is 0 Å². The first-order valence-electron chi connectivity index (χ1n) is 7.67. The van der Waals surface area contributed by atoms with Crippen molar-refractivity contribution in [2.75, 3.05) is 19.6 Å². The van der Waals surface area contributed by atoms with Crippen molar-refractivity contribution in [3.63, 3.8) is 0 Å². The van der Waals surface area contributed by atoms with Crippen molar-refractivity contribution < 1.29 is 9.59 Å². The van der Waals surface area contributed by atoms with Crippen molar-refractivity contribution >= 4 is 11.8 Å². The number of aromatic nitrogens is 1. The molecule has 0 N–H and O–H groups in total. The molecule has 2 aliphatic heterocycles. The van der Waals surface area contributed by atoms with E-state index in [1.165, 1.54) is 6.42 Å². The maximum Gasteiger partial charge on any atom is 0.255 e. The third kappa shape index (κ3) is 2.77. The summed E-state index contributed by atoms with van der Waals surface area (Å²) in [6, 6.07) is 0. The molecule has 21 heavy (non-hydrogen) atoms. The second-order valence-corrected chi connectivity index (χ2v) is 5.87. The van der Waals surface area contributed by atoms with Gasteiger partial charge in [-0.15, -0.1) is 0 Å². The zero-order valence-electron chi connectivity index (χ0n) is 12.5. The minimum Gasteiger partial charge on any atom is -0.339 e. The summed E-state index contributed by atoms with van der Waals surface area (Å²) in [6.07, 6.45) is 7.62. The molecule has 0 bridgehead atoms. The molecule has 5 heteroatoms. The molecule has 3 rings (SSSR count). The van der Waals surface area contributed by atoms with Crippen molar-refractivity contribution in [2.45, 2.75) is 39.2 Å². The van der Waals surface area contributed by atoms with Crippen LogP contribution < -0.4 is 0 Å². The van der Waals surface area contributed by atoms with Crippen LogP contribution in [0.3, 0.4) is 0 Å². The van der Waals surface area contributed by atoms with Crippen LogP contribution >= 0.6 is 0 Å². The number of carbonyl (C=O) groups is 2. The van der Waals surface area contributed by atoms with E-state index in [4.69, 9.17) is 0 Å². The van der Waals surface area contributed by atoms with E-state index in [9.17, 15) is 9.59 Å². The maximum atomic E-state index is 12.7. The Balaban J connectivity index is 1.86. The summed E-state index contributed by atoms with van der Waals surface area (Å²) in [5.74, 6) is 0.184. The molecule has 5 nitrogen and oxygen atoms in total. The molecule has 0 saturated carbocycles. The molecule has 3 heterocycles. The Bertz CT molecular complexity index is 565. The highest BCUT2D eigenvalue weighted by molar-refractivity contribution is 5.96. The van der Waals surface area contributed by atoms with E-state index in [2.05, 4.69) is 4.98 Å². The van der Waals surface area contributed by atoms with Gasteiger partial charge in [0.2, 0.25) is 5.91 Å². The zero-order chi connectivity index (χ0) is 14.8. The molecule has 0 atom stereocenters. The van der Waals surface area contributed by atoms with Crippen molar-refractivity contribution in [2.24, 2.45) is 0 Å². The Kier molecular flexibility index (Phi) is 3.90. The quantitative estimate of drug-likeness (QED) is 0.788. The number of likely N-dealkylation sites (tertiary alicyclic amines) is 1.